The summed E-state index contributed by atoms with van der Waals surface area (Å²) in [4.78, 5) is 49.2. The van der Waals surface area contributed by atoms with Crippen molar-refractivity contribution in [3.8, 4) is 0 Å². The van der Waals surface area contributed by atoms with Crippen molar-refractivity contribution in [2.75, 3.05) is 11.9 Å². The first kappa shape index (κ1) is 19.3. The van der Waals surface area contributed by atoms with Crippen LogP contribution >= 0.6 is 0 Å². The molecule has 2 rings (SSSR count). The standard InChI is InChI=1S/C16H19N3O7/c1-9(20)17-14-6-7-19(16(23)18-14)15-5-4-12(25-11(3)22)13(26-15)8-24-10(2)21/h4-7,12-13,15H,8H2,1-3H3,(H,17,18,20,23)/t12-,13+,15-/m0/s1. The normalized spacial score (nSPS) is 21.7. The Morgan fingerprint density at radius 3 is 2.54 bits per heavy atom. The number of hydrogen-bond acceptors (Lipinski definition) is 8. The van der Waals surface area contributed by atoms with Gasteiger partial charge in [-0.3, -0.25) is 19.0 Å². The Hall–Kier alpha value is -3.01. The van der Waals surface area contributed by atoms with Gasteiger partial charge in [-0.2, -0.15) is 4.98 Å². The van der Waals surface area contributed by atoms with Gasteiger partial charge >= 0.3 is 17.6 Å². The molecule has 0 aromatic carbocycles. The van der Waals surface area contributed by atoms with Gasteiger partial charge in [0.1, 0.15) is 24.6 Å². The lowest BCUT2D eigenvalue weighted by Gasteiger charge is -2.31. The zero-order valence-corrected chi connectivity index (χ0v) is 14.5. The minimum absolute atomic E-state index is 0.118. The summed E-state index contributed by atoms with van der Waals surface area (Å²) in [5.41, 5.74) is -0.650. The van der Waals surface area contributed by atoms with E-state index in [1.807, 2.05) is 0 Å². The highest BCUT2D eigenvalue weighted by atomic mass is 16.6. The first-order valence-electron chi connectivity index (χ1n) is 7.77. The molecule has 0 spiro atoms. The highest BCUT2D eigenvalue weighted by Gasteiger charge is 2.31. The number of amides is 1. The molecule has 0 unspecified atom stereocenters. The van der Waals surface area contributed by atoms with Crippen molar-refractivity contribution < 1.29 is 28.6 Å². The van der Waals surface area contributed by atoms with Gasteiger partial charge in [-0.05, 0) is 18.2 Å². The molecule has 1 amide bonds. The van der Waals surface area contributed by atoms with Crippen LogP contribution in [0.1, 0.15) is 27.0 Å². The van der Waals surface area contributed by atoms with E-state index >= 15 is 0 Å². The van der Waals surface area contributed by atoms with Crippen molar-refractivity contribution in [2.45, 2.75) is 39.2 Å². The molecule has 10 heteroatoms. The Labute approximate surface area is 148 Å². The monoisotopic (exact) mass is 365 g/mol. The van der Waals surface area contributed by atoms with Gasteiger partial charge in [-0.25, -0.2) is 4.79 Å². The summed E-state index contributed by atoms with van der Waals surface area (Å²) in [6.07, 6.45) is 2.10. The molecule has 0 saturated carbocycles. The molecule has 0 saturated heterocycles. The molecule has 3 atom stereocenters. The van der Waals surface area contributed by atoms with E-state index in [2.05, 4.69) is 10.3 Å². The first-order chi connectivity index (χ1) is 12.3. The topological polar surface area (TPSA) is 126 Å². The van der Waals surface area contributed by atoms with Gasteiger partial charge in [-0.1, -0.05) is 0 Å². The van der Waals surface area contributed by atoms with E-state index < -0.39 is 36.1 Å². The predicted molar refractivity (Wildman–Crippen MR) is 88.0 cm³/mol. The van der Waals surface area contributed by atoms with Gasteiger partial charge in [0.05, 0.1) is 0 Å². The maximum atomic E-state index is 12.2. The zero-order valence-electron chi connectivity index (χ0n) is 14.5. The molecule has 2 heterocycles. The number of nitrogens with zero attached hydrogens (tertiary/aromatic N) is 2. The summed E-state index contributed by atoms with van der Waals surface area (Å²) < 4.78 is 17.0. The number of rotatable bonds is 5. The second-order valence-electron chi connectivity index (χ2n) is 5.51. The number of nitrogens with one attached hydrogen (secondary N) is 1. The quantitative estimate of drug-likeness (QED) is 0.577. The average Bonchev–Trinajstić information content (AvgIpc) is 2.53. The Morgan fingerprint density at radius 2 is 1.96 bits per heavy atom. The summed E-state index contributed by atoms with van der Waals surface area (Å²) in [7, 11) is 0. The average molecular weight is 365 g/mol. The van der Waals surface area contributed by atoms with Crippen LogP contribution in [-0.4, -0.2) is 46.2 Å². The molecule has 1 aliphatic heterocycles. The fourth-order valence-electron chi connectivity index (χ4n) is 2.29. The van der Waals surface area contributed by atoms with E-state index in [0.29, 0.717) is 0 Å². The fraction of sp³-hybridized carbons (Fsp3) is 0.438. The van der Waals surface area contributed by atoms with E-state index in [4.69, 9.17) is 14.2 Å². The maximum Gasteiger partial charge on any atom is 0.351 e. The molecule has 1 aromatic heterocycles. The van der Waals surface area contributed by atoms with Crippen molar-refractivity contribution >= 4 is 23.7 Å². The Bertz CT molecular complexity index is 786. The lowest BCUT2D eigenvalue weighted by Crippen LogP contribution is -2.42. The third-order valence-electron chi connectivity index (χ3n) is 3.31. The molecule has 1 aromatic rings. The fourth-order valence-corrected chi connectivity index (χ4v) is 2.29. The van der Waals surface area contributed by atoms with Crippen LogP contribution < -0.4 is 11.0 Å². The first-order valence-corrected chi connectivity index (χ1v) is 7.77. The van der Waals surface area contributed by atoms with Crippen LogP contribution in [0.5, 0.6) is 0 Å². The minimum Gasteiger partial charge on any atom is -0.463 e. The molecule has 0 fully saturated rings. The zero-order chi connectivity index (χ0) is 19.3. The molecule has 26 heavy (non-hydrogen) atoms. The van der Waals surface area contributed by atoms with Gasteiger partial charge in [0.2, 0.25) is 5.91 Å². The molecule has 0 aliphatic carbocycles. The van der Waals surface area contributed by atoms with E-state index in [0.717, 1.165) is 0 Å². The number of carbonyl (C=O) groups is 3. The maximum absolute atomic E-state index is 12.2. The van der Waals surface area contributed by atoms with Gasteiger partial charge in [-0.15, -0.1) is 0 Å². The third kappa shape index (κ3) is 5.24. The van der Waals surface area contributed by atoms with Crippen LogP contribution in [0, 0.1) is 0 Å². The van der Waals surface area contributed by atoms with E-state index in [1.54, 1.807) is 6.08 Å². The van der Waals surface area contributed by atoms with Crippen molar-refractivity contribution in [1.29, 1.82) is 0 Å². The predicted octanol–water partition coefficient (Wildman–Crippen LogP) is 0.150. The van der Waals surface area contributed by atoms with Crippen LogP contribution in [0.4, 0.5) is 5.82 Å². The van der Waals surface area contributed by atoms with Crippen LogP contribution in [0.3, 0.4) is 0 Å². The van der Waals surface area contributed by atoms with E-state index in [9.17, 15) is 19.2 Å². The molecule has 1 N–H and O–H groups in total. The second-order valence-corrected chi connectivity index (χ2v) is 5.51. The van der Waals surface area contributed by atoms with Crippen molar-refractivity contribution in [3.05, 3.63) is 34.9 Å². The van der Waals surface area contributed by atoms with Gasteiger partial charge in [0.25, 0.3) is 0 Å². The summed E-state index contributed by atoms with van der Waals surface area (Å²) >= 11 is 0. The highest BCUT2D eigenvalue weighted by Crippen LogP contribution is 2.22. The summed E-state index contributed by atoms with van der Waals surface area (Å²) in [5.74, 6) is -1.27. The van der Waals surface area contributed by atoms with Crippen LogP contribution in [0.2, 0.25) is 0 Å². The number of ether oxygens (including phenoxy) is 3. The molecule has 10 nitrogen and oxygen atoms in total. The number of carbonyl (C=O) groups excluding carboxylic acids is 3. The molecule has 1 aliphatic rings. The minimum atomic E-state index is -0.839. The molecule has 0 radical (unpaired) electrons. The highest BCUT2D eigenvalue weighted by molar-refractivity contribution is 5.87. The summed E-state index contributed by atoms with van der Waals surface area (Å²) in [6.45, 7) is 3.64. The molecular formula is C16H19N3O7. The summed E-state index contributed by atoms with van der Waals surface area (Å²) in [5, 5.41) is 2.41. The Balaban J connectivity index is 2.21. The lowest BCUT2D eigenvalue weighted by molar-refractivity contribution is -0.168. The molecular weight excluding hydrogens is 346 g/mol. The SMILES string of the molecule is CC(=O)Nc1ccn([C@@H]2C=C[C@H](OC(C)=O)[C@@H](COC(C)=O)O2)c(=O)n1. The Morgan fingerprint density at radius 1 is 1.23 bits per heavy atom. The van der Waals surface area contributed by atoms with Gasteiger partial charge in [0, 0.05) is 27.0 Å². The number of anilines is 1. The lowest BCUT2D eigenvalue weighted by atomic mass is 10.1. The van der Waals surface area contributed by atoms with Crippen LogP contribution in [0.25, 0.3) is 0 Å². The van der Waals surface area contributed by atoms with Gasteiger partial charge < -0.3 is 19.5 Å². The Kier molecular flexibility index (Phi) is 6.23. The second kappa shape index (κ2) is 8.39. The van der Waals surface area contributed by atoms with Crippen molar-refractivity contribution in [3.63, 3.8) is 0 Å². The van der Waals surface area contributed by atoms with Crippen molar-refractivity contribution in [1.82, 2.24) is 9.55 Å². The number of esters is 2. The van der Waals surface area contributed by atoms with Crippen LogP contribution in [-0.2, 0) is 28.6 Å². The molecule has 0 bridgehead atoms. The number of hydrogen-bond donors (Lipinski definition) is 1. The van der Waals surface area contributed by atoms with E-state index in [-0.39, 0.29) is 18.3 Å². The molecule has 140 valence electrons. The third-order valence-corrected chi connectivity index (χ3v) is 3.31. The largest absolute Gasteiger partial charge is 0.463 e. The smallest absolute Gasteiger partial charge is 0.351 e. The number of aromatic nitrogens is 2. The van der Waals surface area contributed by atoms with Crippen molar-refractivity contribution in [2.24, 2.45) is 0 Å². The van der Waals surface area contributed by atoms with Crippen LogP contribution in [0.15, 0.2) is 29.2 Å². The van der Waals surface area contributed by atoms with E-state index in [1.165, 1.54) is 43.7 Å². The van der Waals surface area contributed by atoms with Gasteiger partial charge in [0.15, 0.2) is 6.23 Å². The summed E-state index contributed by atoms with van der Waals surface area (Å²) in [6, 6.07) is 1.44.